The standard InChI is InChI=1S/C18H17N3O/c22-18(21-20-12-14-6-2-1-3-7-14)11-10-15-13-19-17-9-5-4-8-16(15)17/h1-9,12-13,19H,10-11H2,(H,21,22). The third kappa shape index (κ3) is 3.41. The van der Waals surface area contributed by atoms with Gasteiger partial charge in [0, 0.05) is 23.5 Å². The molecule has 1 heterocycles. The lowest BCUT2D eigenvalue weighted by Crippen LogP contribution is -2.17. The normalized spacial score (nSPS) is 11.1. The molecule has 0 bridgehead atoms. The van der Waals surface area contributed by atoms with Crippen molar-refractivity contribution in [2.24, 2.45) is 5.10 Å². The van der Waals surface area contributed by atoms with Gasteiger partial charge in [0.05, 0.1) is 6.21 Å². The van der Waals surface area contributed by atoms with Crippen molar-refractivity contribution in [1.29, 1.82) is 0 Å². The number of nitrogens with zero attached hydrogens (tertiary/aromatic N) is 1. The number of carbonyl (C=O) groups excluding carboxylic acids is 1. The molecular formula is C18H17N3O. The van der Waals surface area contributed by atoms with Crippen LogP contribution in [0.15, 0.2) is 65.9 Å². The van der Waals surface area contributed by atoms with Gasteiger partial charge in [-0.3, -0.25) is 4.79 Å². The van der Waals surface area contributed by atoms with E-state index in [9.17, 15) is 4.79 Å². The summed E-state index contributed by atoms with van der Waals surface area (Å²) in [6.45, 7) is 0. The number of amides is 1. The first kappa shape index (κ1) is 14.1. The summed E-state index contributed by atoms with van der Waals surface area (Å²) in [5, 5.41) is 5.14. The Morgan fingerprint density at radius 3 is 2.73 bits per heavy atom. The summed E-state index contributed by atoms with van der Waals surface area (Å²) in [6.07, 6.45) is 4.71. The molecule has 2 N–H and O–H groups in total. The molecule has 110 valence electrons. The van der Waals surface area contributed by atoms with E-state index in [-0.39, 0.29) is 5.91 Å². The molecule has 0 spiro atoms. The van der Waals surface area contributed by atoms with Crippen LogP contribution >= 0.6 is 0 Å². The minimum Gasteiger partial charge on any atom is -0.361 e. The molecule has 0 radical (unpaired) electrons. The van der Waals surface area contributed by atoms with Crippen LogP contribution in [0.25, 0.3) is 10.9 Å². The summed E-state index contributed by atoms with van der Waals surface area (Å²) in [4.78, 5) is 15.0. The van der Waals surface area contributed by atoms with E-state index in [4.69, 9.17) is 0 Å². The fraction of sp³-hybridized carbons (Fsp3) is 0.111. The quantitative estimate of drug-likeness (QED) is 0.550. The molecule has 22 heavy (non-hydrogen) atoms. The molecule has 1 amide bonds. The topological polar surface area (TPSA) is 57.2 Å². The summed E-state index contributed by atoms with van der Waals surface area (Å²) in [6, 6.07) is 17.8. The van der Waals surface area contributed by atoms with Crippen LogP contribution in [-0.2, 0) is 11.2 Å². The highest BCUT2D eigenvalue weighted by Crippen LogP contribution is 2.18. The molecule has 4 heteroatoms. The van der Waals surface area contributed by atoms with Crippen LogP contribution in [0.3, 0.4) is 0 Å². The molecule has 0 aliphatic rings. The van der Waals surface area contributed by atoms with Gasteiger partial charge in [-0.1, -0.05) is 48.5 Å². The molecular weight excluding hydrogens is 274 g/mol. The first-order valence-electron chi connectivity index (χ1n) is 7.25. The molecule has 0 saturated heterocycles. The van der Waals surface area contributed by atoms with Gasteiger partial charge in [0.1, 0.15) is 0 Å². The second kappa shape index (κ2) is 6.72. The van der Waals surface area contributed by atoms with Crippen LogP contribution in [0, 0.1) is 0 Å². The lowest BCUT2D eigenvalue weighted by Gasteiger charge is -2.00. The van der Waals surface area contributed by atoms with E-state index < -0.39 is 0 Å². The number of fused-ring (bicyclic) bond motifs is 1. The van der Waals surface area contributed by atoms with Gasteiger partial charge in [-0.15, -0.1) is 0 Å². The Labute approximate surface area is 128 Å². The Morgan fingerprint density at radius 2 is 1.86 bits per heavy atom. The Hall–Kier alpha value is -2.88. The second-order valence-electron chi connectivity index (χ2n) is 5.06. The molecule has 4 nitrogen and oxygen atoms in total. The zero-order valence-electron chi connectivity index (χ0n) is 12.1. The van der Waals surface area contributed by atoms with Crippen LogP contribution in [0.1, 0.15) is 17.5 Å². The summed E-state index contributed by atoms with van der Waals surface area (Å²) in [5.41, 5.74) is 5.77. The van der Waals surface area contributed by atoms with E-state index in [0.717, 1.165) is 16.6 Å². The number of benzene rings is 2. The Kier molecular flexibility index (Phi) is 4.30. The molecule has 0 saturated carbocycles. The number of nitrogens with one attached hydrogen (secondary N) is 2. The average molecular weight is 291 g/mol. The SMILES string of the molecule is O=C(CCc1c[nH]c2ccccc12)NN=Cc1ccccc1. The zero-order chi connectivity index (χ0) is 15.2. The van der Waals surface area contributed by atoms with Crippen molar-refractivity contribution in [2.75, 3.05) is 0 Å². The lowest BCUT2D eigenvalue weighted by molar-refractivity contribution is -0.121. The maximum absolute atomic E-state index is 11.8. The highest BCUT2D eigenvalue weighted by atomic mass is 16.2. The summed E-state index contributed by atoms with van der Waals surface area (Å²) in [5.74, 6) is -0.0857. The smallest absolute Gasteiger partial charge is 0.240 e. The average Bonchev–Trinajstić information content (AvgIpc) is 2.97. The number of rotatable bonds is 5. The van der Waals surface area contributed by atoms with Gasteiger partial charge in [0.2, 0.25) is 5.91 Å². The summed E-state index contributed by atoms with van der Waals surface area (Å²) >= 11 is 0. The van der Waals surface area contributed by atoms with Crippen LogP contribution < -0.4 is 5.43 Å². The maximum atomic E-state index is 11.8. The number of carbonyl (C=O) groups is 1. The second-order valence-corrected chi connectivity index (χ2v) is 5.06. The molecule has 0 atom stereocenters. The third-order valence-corrected chi connectivity index (χ3v) is 3.50. The van der Waals surface area contributed by atoms with Crippen LogP contribution in [0.5, 0.6) is 0 Å². The van der Waals surface area contributed by atoms with Gasteiger partial charge in [0.15, 0.2) is 0 Å². The van der Waals surface area contributed by atoms with Crippen LogP contribution in [0.4, 0.5) is 0 Å². The van der Waals surface area contributed by atoms with Gasteiger partial charge in [-0.05, 0) is 23.6 Å². The number of hydrogen-bond donors (Lipinski definition) is 2. The van der Waals surface area contributed by atoms with Crippen molar-refractivity contribution in [2.45, 2.75) is 12.8 Å². The van der Waals surface area contributed by atoms with Crippen molar-refractivity contribution in [3.63, 3.8) is 0 Å². The third-order valence-electron chi connectivity index (χ3n) is 3.50. The Morgan fingerprint density at radius 1 is 1.09 bits per heavy atom. The summed E-state index contributed by atoms with van der Waals surface area (Å²) < 4.78 is 0. The summed E-state index contributed by atoms with van der Waals surface area (Å²) in [7, 11) is 0. The molecule has 0 aliphatic carbocycles. The van der Waals surface area contributed by atoms with Crippen molar-refractivity contribution in [1.82, 2.24) is 10.4 Å². The monoisotopic (exact) mass is 291 g/mol. The molecule has 1 aromatic heterocycles. The number of H-pyrrole nitrogens is 1. The van der Waals surface area contributed by atoms with E-state index >= 15 is 0 Å². The highest BCUT2D eigenvalue weighted by Gasteiger charge is 2.05. The van der Waals surface area contributed by atoms with E-state index in [1.807, 2.05) is 54.7 Å². The van der Waals surface area contributed by atoms with Crippen molar-refractivity contribution >= 4 is 23.0 Å². The van der Waals surface area contributed by atoms with Crippen molar-refractivity contribution in [3.05, 3.63) is 71.9 Å². The van der Waals surface area contributed by atoms with Gasteiger partial charge in [-0.25, -0.2) is 5.43 Å². The maximum Gasteiger partial charge on any atom is 0.240 e. The number of aryl methyl sites for hydroxylation is 1. The fourth-order valence-corrected chi connectivity index (χ4v) is 2.36. The number of hydrogen-bond acceptors (Lipinski definition) is 2. The van der Waals surface area contributed by atoms with Gasteiger partial charge < -0.3 is 4.98 Å². The van der Waals surface area contributed by atoms with Gasteiger partial charge in [-0.2, -0.15) is 5.10 Å². The fourth-order valence-electron chi connectivity index (χ4n) is 2.36. The van der Waals surface area contributed by atoms with Crippen molar-refractivity contribution < 1.29 is 4.79 Å². The first-order chi connectivity index (χ1) is 10.8. The van der Waals surface area contributed by atoms with E-state index in [2.05, 4.69) is 21.6 Å². The largest absolute Gasteiger partial charge is 0.361 e. The Balaban J connectivity index is 1.53. The van der Waals surface area contributed by atoms with E-state index in [1.165, 1.54) is 5.39 Å². The number of aromatic amines is 1. The number of aromatic nitrogens is 1. The minimum atomic E-state index is -0.0857. The lowest BCUT2D eigenvalue weighted by atomic mass is 10.1. The molecule has 0 fully saturated rings. The van der Waals surface area contributed by atoms with Gasteiger partial charge in [0.25, 0.3) is 0 Å². The predicted octanol–water partition coefficient (Wildman–Crippen LogP) is 3.25. The predicted molar refractivity (Wildman–Crippen MR) is 88.8 cm³/mol. The van der Waals surface area contributed by atoms with E-state index in [1.54, 1.807) is 6.21 Å². The Bertz CT molecular complexity index is 790. The minimum absolute atomic E-state index is 0.0857. The number of hydrazone groups is 1. The molecule has 0 aliphatic heterocycles. The van der Waals surface area contributed by atoms with Crippen molar-refractivity contribution in [3.8, 4) is 0 Å². The van der Waals surface area contributed by atoms with E-state index in [0.29, 0.717) is 12.8 Å². The number of para-hydroxylation sites is 1. The molecule has 0 unspecified atom stereocenters. The van der Waals surface area contributed by atoms with Crippen LogP contribution in [0.2, 0.25) is 0 Å². The highest BCUT2D eigenvalue weighted by molar-refractivity contribution is 5.85. The zero-order valence-corrected chi connectivity index (χ0v) is 12.1. The molecule has 3 rings (SSSR count). The van der Waals surface area contributed by atoms with Gasteiger partial charge >= 0.3 is 0 Å². The molecule has 3 aromatic rings. The molecule has 2 aromatic carbocycles. The van der Waals surface area contributed by atoms with Crippen LogP contribution in [-0.4, -0.2) is 17.1 Å². The first-order valence-corrected chi connectivity index (χ1v) is 7.25.